The Labute approximate surface area is 207 Å². The van der Waals surface area contributed by atoms with E-state index in [1.54, 1.807) is 37.6 Å². The zero-order valence-electron chi connectivity index (χ0n) is 20.1. The van der Waals surface area contributed by atoms with Crippen molar-refractivity contribution in [3.8, 4) is 5.75 Å². The molecule has 2 N–H and O–H groups in total. The Morgan fingerprint density at radius 3 is 2.57 bits per heavy atom. The molecule has 2 aromatic carbocycles. The maximum absolute atomic E-state index is 12.6. The van der Waals surface area contributed by atoms with E-state index in [1.165, 1.54) is 12.8 Å². The summed E-state index contributed by atoms with van der Waals surface area (Å²) in [5.41, 5.74) is 3.45. The lowest BCUT2D eigenvalue weighted by molar-refractivity contribution is 0.344. The number of rotatable bonds is 10. The molecule has 8 nitrogen and oxygen atoms in total. The molecule has 0 amide bonds. The Morgan fingerprint density at radius 1 is 1.09 bits per heavy atom. The van der Waals surface area contributed by atoms with Crippen LogP contribution in [0.25, 0.3) is 12.2 Å². The van der Waals surface area contributed by atoms with Gasteiger partial charge in [-0.3, -0.25) is 0 Å². The topological polar surface area (TPSA) is 96.4 Å². The average molecular weight is 494 g/mol. The molecule has 1 fully saturated rings. The van der Waals surface area contributed by atoms with E-state index in [4.69, 9.17) is 4.74 Å². The second kappa shape index (κ2) is 11.4. The molecule has 0 aliphatic carbocycles. The fourth-order valence-electron chi connectivity index (χ4n) is 3.91. The number of hydrogen-bond acceptors (Lipinski definition) is 7. The highest BCUT2D eigenvalue weighted by Crippen LogP contribution is 2.19. The minimum Gasteiger partial charge on any atom is -0.497 e. The molecule has 184 valence electrons. The first-order valence-corrected chi connectivity index (χ1v) is 13.2. The van der Waals surface area contributed by atoms with Crippen molar-refractivity contribution in [2.24, 2.45) is 0 Å². The summed E-state index contributed by atoms with van der Waals surface area (Å²) in [6.07, 6.45) is 8.08. The lowest BCUT2D eigenvalue weighted by Crippen LogP contribution is -2.33. The van der Waals surface area contributed by atoms with Crippen molar-refractivity contribution in [2.75, 3.05) is 38.6 Å². The van der Waals surface area contributed by atoms with E-state index >= 15 is 0 Å². The van der Waals surface area contributed by atoms with E-state index in [1.807, 2.05) is 43.3 Å². The maximum atomic E-state index is 12.6. The first-order valence-electron chi connectivity index (χ1n) is 11.7. The highest BCUT2D eigenvalue weighted by molar-refractivity contribution is 7.89. The Bertz CT molecular complexity index is 1270. The van der Waals surface area contributed by atoms with E-state index < -0.39 is 10.0 Å². The van der Waals surface area contributed by atoms with Gasteiger partial charge in [0.05, 0.1) is 17.7 Å². The third-order valence-electron chi connectivity index (χ3n) is 5.91. The Hall–Kier alpha value is -3.27. The largest absolute Gasteiger partial charge is 0.497 e. The number of hydrogen-bond donors (Lipinski definition) is 2. The summed E-state index contributed by atoms with van der Waals surface area (Å²) in [6.45, 7) is 5.16. The summed E-state index contributed by atoms with van der Waals surface area (Å²) < 4.78 is 33.1. The van der Waals surface area contributed by atoms with E-state index in [0.717, 1.165) is 42.2 Å². The van der Waals surface area contributed by atoms with Crippen LogP contribution in [0.5, 0.6) is 5.75 Å². The molecule has 4 rings (SSSR count). The number of nitrogens with zero attached hydrogens (tertiary/aromatic N) is 3. The molecular formula is C26H31N5O3S. The minimum atomic E-state index is -3.54. The number of ether oxygens (including phenoxy) is 1. The van der Waals surface area contributed by atoms with Crippen LogP contribution < -0.4 is 14.8 Å². The monoisotopic (exact) mass is 493 g/mol. The first kappa shape index (κ1) is 24.8. The van der Waals surface area contributed by atoms with E-state index in [2.05, 4.69) is 24.9 Å². The van der Waals surface area contributed by atoms with Crippen molar-refractivity contribution >= 4 is 33.8 Å². The zero-order valence-corrected chi connectivity index (χ0v) is 20.9. The van der Waals surface area contributed by atoms with Crippen molar-refractivity contribution < 1.29 is 13.2 Å². The van der Waals surface area contributed by atoms with Gasteiger partial charge in [-0.1, -0.05) is 24.3 Å². The molecule has 0 bridgehead atoms. The van der Waals surface area contributed by atoms with Crippen molar-refractivity contribution in [3.05, 3.63) is 71.5 Å². The van der Waals surface area contributed by atoms with Gasteiger partial charge in [-0.25, -0.2) is 23.1 Å². The molecule has 2 heterocycles. The Kier molecular flexibility index (Phi) is 8.12. The van der Waals surface area contributed by atoms with Gasteiger partial charge in [0.25, 0.3) is 0 Å². The summed E-state index contributed by atoms with van der Waals surface area (Å²) in [6, 6.07) is 14.4. The number of likely N-dealkylation sites (tertiary alicyclic amines) is 1. The normalized spacial score (nSPS) is 14.5. The van der Waals surface area contributed by atoms with Crippen LogP contribution in [0.1, 0.15) is 29.7 Å². The number of nitrogens with one attached hydrogen (secondary N) is 2. The number of sulfonamides is 1. The summed E-state index contributed by atoms with van der Waals surface area (Å²) in [4.78, 5) is 11.4. The molecule has 0 saturated carbocycles. The molecule has 0 spiro atoms. The second-order valence-corrected chi connectivity index (χ2v) is 10.2. The van der Waals surface area contributed by atoms with Crippen LogP contribution >= 0.6 is 0 Å². The van der Waals surface area contributed by atoms with Crippen LogP contribution in [0.3, 0.4) is 0 Å². The Morgan fingerprint density at radius 2 is 1.86 bits per heavy atom. The first-order chi connectivity index (χ1) is 16.9. The standard InChI is InChI=1S/C26H31N5O3S/c1-20-22(9-8-21-6-5-7-24(18-21)34-2)19-27-26(29-20)30-23-10-12-25(13-11-23)35(32,33)28-14-17-31-15-3-4-16-31/h5-13,18-19,28H,3-4,14-17H2,1-2H3,(H,27,29,30)/b9-8+. The van der Waals surface area contributed by atoms with Crippen LogP contribution in [0.2, 0.25) is 0 Å². The van der Waals surface area contributed by atoms with Gasteiger partial charge in [0, 0.05) is 30.5 Å². The van der Waals surface area contributed by atoms with Gasteiger partial charge in [0.1, 0.15) is 5.75 Å². The van der Waals surface area contributed by atoms with Gasteiger partial charge < -0.3 is 15.0 Å². The third kappa shape index (κ3) is 6.88. The predicted octanol–water partition coefficient (Wildman–Crippen LogP) is 4.08. The fourth-order valence-corrected chi connectivity index (χ4v) is 4.93. The zero-order chi connectivity index (χ0) is 24.7. The number of aryl methyl sites for hydroxylation is 1. The molecule has 1 aromatic heterocycles. The van der Waals surface area contributed by atoms with E-state index in [-0.39, 0.29) is 4.90 Å². The summed E-state index contributed by atoms with van der Waals surface area (Å²) in [7, 11) is -1.89. The highest BCUT2D eigenvalue weighted by Gasteiger charge is 2.16. The average Bonchev–Trinajstić information content (AvgIpc) is 3.37. The third-order valence-corrected chi connectivity index (χ3v) is 7.38. The quantitative estimate of drug-likeness (QED) is 0.439. The van der Waals surface area contributed by atoms with Crippen LogP contribution in [-0.2, 0) is 10.0 Å². The summed E-state index contributed by atoms with van der Waals surface area (Å²) in [5, 5.41) is 3.13. The van der Waals surface area contributed by atoms with Crippen LogP contribution in [-0.4, -0.2) is 56.6 Å². The predicted molar refractivity (Wildman–Crippen MR) is 139 cm³/mol. The molecule has 1 aliphatic rings. The molecule has 0 radical (unpaired) electrons. The molecule has 0 unspecified atom stereocenters. The van der Waals surface area contributed by atoms with Crippen LogP contribution in [0.15, 0.2) is 59.6 Å². The lowest BCUT2D eigenvalue weighted by Gasteiger charge is -2.15. The number of methoxy groups -OCH3 is 1. The number of benzene rings is 2. The van der Waals surface area contributed by atoms with E-state index in [9.17, 15) is 8.42 Å². The van der Waals surface area contributed by atoms with Crippen molar-refractivity contribution in [3.63, 3.8) is 0 Å². The van der Waals surface area contributed by atoms with Gasteiger partial charge in [0.15, 0.2) is 0 Å². The number of aromatic nitrogens is 2. The molecular weight excluding hydrogens is 462 g/mol. The van der Waals surface area contributed by atoms with Gasteiger partial charge in [-0.15, -0.1) is 0 Å². The van der Waals surface area contributed by atoms with Crippen molar-refractivity contribution in [2.45, 2.75) is 24.7 Å². The summed E-state index contributed by atoms with van der Waals surface area (Å²) in [5.74, 6) is 1.25. The van der Waals surface area contributed by atoms with Gasteiger partial charge in [-0.2, -0.15) is 0 Å². The smallest absolute Gasteiger partial charge is 0.240 e. The molecule has 1 saturated heterocycles. The summed E-state index contributed by atoms with van der Waals surface area (Å²) >= 11 is 0. The van der Waals surface area contributed by atoms with Gasteiger partial charge in [-0.05, 0) is 74.8 Å². The van der Waals surface area contributed by atoms with Crippen LogP contribution in [0.4, 0.5) is 11.6 Å². The van der Waals surface area contributed by atoms with E-state index in [0.29, 0.717) is 18.2 Å². The Balaban J connectivity index is 1.35. The van der Waals surface area contributed by atoms with Gasteiger partial charge >= 0.3 is 0 Å². The lowest BCUT2D eigenvalue weighted by atomic mass is 10.1. The highest BCUT2D eigenvalue weighted by atomic mass is 32.2. The van der Waals surface area contributed by atoms with Gasteiger partial charge in [0.2, 0.25) is 16.0 Å². The van der Waals surface area contributed by atoms with Crippen molar-refractivity contribution in [1.29, 1.82) is 0 Å². The molecule has 3 aromatic rings. The molecule has 0 atom stereocenters. The maximum Gasteiger partial charge on any atom is 0.240 e. The second-order valence-electron chi connectivity index (χ2n) is 8.44. The molecule has 1 aliphatic heterocycles. The van der Waals surface area contributed by atoms with Crippen molar-refractivity contribution in [1.82, 2.24) is 19.6 Å². The van der Waals surface area contributed by atoms with Crippen LogP contribution in [0, 0.1) is 6.92 Å². The molecule has 9 heteroatoms. The molecule has 35 heavy (non-hydrogen) atoms. The number of anilines is 2. The minimum absolute atomic E-state index is 0.236. The fraction of sp³-hybridized carbons (Fsp3) is 0.308. The SMILES string of the molecule is COc1cccc(/C=C/c2cnc(Nc3ccc(S(=O)(=O)NCCN4CCCC4)cc3)nc2C)c1.